The van der Waals surface area contributed by atoms with Crippen molar-refractivity contribution >= 4 is 38.6 Å². The highest BCUT2D eigenvalue weighted by Crippen LogP contribution is 2.33. The van der Waals surface area contributed by atoms with E-state index in [2.05, 4.69) is 33.0 Å². The molecule has 1 heterocycles. The number of aromatic nitrogens is 1. The van der Waals surface area contributed by atoms with Gasteiger partial charge in [0.25, 0.3) is 0 Å². The van der Waals surface area contributed by atoms with Gasteiger partial charge in [0.15, 0.2) is 3.92 Å². The summed E-state index contributed by atoms with van der Waals surface area (Å²) in [5.41, 5.74) is 4.26. The fraction of sp³-hybridized carbons (Fsp3) is 0.333. The summed E-state index contributed by atoms with van der Waals surface area (Å²) in [7, 11) is 0. The van der Waals surface area contributed by atoms with Gasteiger partial charge in [0, 0.05) is 18.2 Å². The highest BCUT2D eigenvalue weighted by Gasteiger charge is 2.20. The molecule has 0 fully saturated rings. The monoisotopic (exact) mass is 272 g/mol. The van der Waals surface area contributed by atoms with E-state index in [1.54, 1.807) is 11.3 Å². The maximum Gasteiger partial charge on any atom is 0.159 e. The molecule has 0 aliphatic heterocycles. The van der Waals surface area contributed by atoms with Gasteiger partial charge in [-0.15, -0.1) is 11.3 Å². The number of thiazole rings is 1. The molecular formula is C9H9BrN2OS. The van der Waals surface area contributed by atoms with Gasteiger partial charge in [0.05, 0.1) is 11.4 Å². The van der Waals surface area contributed by atoms with Crippen molar-refractivity contribution in [2.45, 2.75) is 19.8 Å². The predicted octanol–water partition coefficient (Wildman–Crippen LogP) is 3.30. The number of hydrogen-bond donors (Lipinski definition) is 1. The Hall–Kier alpha value is -0.680. The lowest BCUT2D eigenvalue weighted by molar-refractivity contribution is 0.317. The van der Waals surface area contributed by atoms with Crippen molar-refractivity contribution in [1.82, 2.24) is 4.98 Å². The Labute approximate surface area is 94.3 Å². The molecule has 1 aliphatic carbocycles. The first-order valence-electron chi connectivity index (χ1n) is 4.20. The van der Waals surface area contributed by atoms with Crippen LogP contribution in [-0.4, -0.2) is 15.9 Å². The van der Waals surface area contributed by atoms with Crippen molar-refractivity contribution in [2.75, 3.05) is 0 Å². The topological polar surface area (TPSA) is 45.5 Å². The molecule has 1 aliphatic rings. The lowest BCUT2D eigenvalue weighted by atomic mass is 10.1. The average Bonchev–Trinajstić information content (AvgIpc) is 2.71. The third-order valence-electron chi connectivity index (χ3n) is 2.29. The fourth-order valence-electron chi connectivity index (χ4n) is 1.60. The Morgan fingerprint density at radius 2 is 2.36 bits per heavy atom. The van der Waals surface area contributed by atoms with Crippen molar-refractivity contribution in [3.63, 3.8) is 0 Å². The van der Waals surface area contributed by atoms with Gasteiger partial charge in [-0.25, -0.2) is 4.98 Å². The van der Waals surface area contributed by atoms with Gasteiger partial charge in [-0.3, -0.25) is 0 Å². The van der Waals surface area contributed by atoms with Crippen LogP contribution >= 0.6 is 27.3 Å². The van der Waals surface area contributed by atoms with E-state index in [0.717, 1.165) is 28.2 Å². The Morgan fingerprint density at radius 1 is 1.57 bits per heavy atom. The molecule has 1 aromatic heterocycles. The van der Waals surface area contributed by atoms with E-state index in [1.165, 1.54) is 11.1 Å². The molecule has 0 bridgehead atoms. The molecule has 0 atom stereocenters. The third kappa shape index (κ3) is 1.74. The highest BCUT2D eigenvalue weighted by atomic mass is 79.9. The van der Waals surface area contributed by atoms with Gasteiger partial charge < -0.3 is 5.21 Å². The van der Waals surface area contributed by atoms with Crippen LogP contribution in [0, 0.1) is 0 Å². The van der Waals surface area contributed by atoms with E-state index in [4.69, 9.17) is 5.21 Å². The van der Waals surface area contributed by atoms with Crippen LogP contribution < -0.4 is 0 Å². The molecule has 3 nitrogen and oxygen atoms in total. The molecule has 0 aromatic carbocycles. The molecule has 14 heavy (non-hydrogen) atoms. The number of oxime groups is 1. The molecule has 2 rings (SSSR count). The second-order valence-electron chi connectivity index (χ2n) is 3.26. The number of nitrogens with zero attached hydrogens (tertiary/aromatic N) is 2. The van der Waals surface area contributed by atoms with E-state index in [0.29, 0.717) is 0 Å². The summed E-state index contributed by atoms with van der Waals surface area (Å²) >= 11 is 4.91. The first-order chi connectivity index (χ1) is 6.70. The van der Waals surface area contributed by atoms with Crippen molar-refractivity contribution in [1.29, 1.82) is 0 Å². The van der Waals surface area contributed by atoms with Gasteiger partial charge in [-0.05, 0) is 28.4 Å². The summed E-state index contributed by atoms with van der Waals surface area (Å²) in [6.07, 6.45) is 1.49. The zero-order chi connectivity index (χ0) is 10.1. The van der Waals surface area contributed by atoms with Crippen LogP contribution in [0.3, 0.4) is 0 Å². The Kier molecular flexibility index (Phi) is 2.69. The van der Waals surface area contributed by atoms with E-state index in [-0.39, 0.29) is 0 Å². The maximum absolute atomic E-state index is 8.69. The van der Waals surface area contributed by atoms with Crippen molar-refractivity contribution < 1.29 is 5.21 Å². The molecular weight excluding hydrogens is 264 g/mol. The molecule has 0 amide bonds. The molecule has 0 spiro atoms. The van der Waals surface area contributed by atoms with Crippen LogP contribution in [0.5, 0.6) is 0 Å². The van der Waals surface area contributed by atoms with E-state index in [9.17, 15) is 0 Å². The second kappa shape index (κ2) is 3.82. The minimum absolute atomic E-state index is 0.721. The minimum Gasteiger partial charge on any atom is -0.411 e. The summed E-state index contributed by atoms with van der Waals surface area (Å²) in [4.78, 5) is 4.35. The molecule has 0 saturated heterocycles. The van der Waals surface area contributed by atoms with Crippen molar-refractivity contribution in [2.24, 2.45) is 5.16 Å². The molecule has 1 aromatic rings. The number of halogens is 1. The number of hydrogen-bond acceptors (Lipinski definition) is 4. The standard InChI is InChI=1S/C9H9BrN2OS/c1-5-2-6(12-13)3-7(5)8-4-14-9(10)11-8/h4,13H,2-3H2,1H3/b12-6-. The average molecular weight is 273 g/mol. The van der Waals surface area contributed by atoms with Crippen LogP contribution in [0.15, 0.2) is 20.0 Å². The van der Waals surface area contributed by atoms with E-state index in [1.807, 2.05) is 5.38 Å². The lowest BCUT2D eigenvalue weighted by Crippen LogP contribution is -1.90. The Morgan fingerprint density at radius 3 is 2.86 bits per heavy atom. The highest BCUT2D eigenvalue weighted by molar-refractivity contribution is 9.11. The largest absolute Gasteiger partial charge is 0.411 e. The molecule has 5 heteroatoms. The second-order valence-corrected chi connectivity index (χ2v) is 5.40. The summed E-state index contributed by atoms with van der Waals surface area (Å²) in [5, 5.41) is 14.0. The zero-order valence-electron chi connectivity index (χ0n) is 7.62. The van der Waals surface area contributed by atoms with Crippen molar-refractivity contribution in [3.8, 4) is 0 Å². The van der Waals surface area contributed by atoms with Crippen LogP contribution in [0.4, 0.5) is 0 Å². The van der Waals surface area contributed by atoms with Gasteiger partial charge in [0.1, 0.15) is 0 Å². The molecule has 0 radical (unpaired) electrons. The summed E-state index contributed by atoms with van der Waals surface area (Å²) in [6, 6.07) is 0. The van der Waals surface area contributed by atoms with E-state index < -0.39 is 0 Å². The summed E-state index contributed by atoms with van der Waals surface area (Å²) in [5.74, 6) is 0. The lowest BCUT2D eigenvalue weighted by Gasteiger charge is -1.96. The first kappa shape index (κ1) is 9.86. The molecule has 0 saturated carbocycles. The minimum atomic E-state index is 0.721. The Bertz CT molecular complexity index is 422. The first-order valence-corrected chi connectivity index (χ1v) is 5.88. The smallest absolute Gasteiger partial charge is 0.159 e. The zero-order valence-corrected chi connectivity index (χ0v) is 10.0. The van der Waals surface area contributed by atoms with Crippen LogP contribution in [0.1, 0.15) is 25.5 Å². The van der Waals surface area contributed by atoms with Gasteiger partial charge in [-0.2, -0.15) is 0 Å². The van der Waals surface area contributed by atoms with E-state index >= 15 is 0 Å². The van der Waals surface area contributed by atoms with Gasteiger partial charge in [-0.1, -0.05) is 10.7 Å². The third-order valence-corrected chi connectivity index (χ3v) is 3.66. The Balaban J connectivity index is 2.32. The normalized spacial score (nSPS) is 19.7. The van der Waals surface area contributed by atoms with Crippen molar-refractivity contribution in [3.05, 3.63) is 20.6 Å². The van der Waals surface area contributed by atoms with Crippen LogP contribution in [0.25, 0.3) is 5.57 Å². The predicted molar refractivity (Wildman–Crippen MR) is 60.9 cm³/mol. The quantitative estimate of drug-likeness (QED) is 0.630. The number of rotatable bonds is 1. The summed E-state index contributed by atoms with van der Waals surface area (Å²) < 4.78 is 0.891. The van der Waals surface area contributed by atoms with Crippen LogP contribution in [-0.2, 0) is 0 Å². The maximum atomic E-state index is 8.69. The van der Waals surface area contributed by atoms with Gasteiger partial charge in [0.2, 0.25) is 0 Å². The van der Waals surface area contributed by atoms with Crippen LogP contribution in [0.2, 0.25) is 0 Å². The molecule has 1 N–H and O–H groups in total. The molecule has 74 valence electrons. The summed E-state index contributed by atoms with van der Waals surface area (Å²) in [6.45, 7) is 2.06. The van der Waals surface area contributed by atoms with Gasteiger partial charge >= 0.3 is 0 Å². The number of allylic oxidation sites excluding steroid dienone is 2. The SMILES string of the molecule is CC1=C(c2csc(Br)n2)C/C(=N\O)C1. The molecule has 0 unspecified atom stereocenters. The fourth-order valence-corrected chi connectivity index (χ4v) is 2.63.